The van der Waals surface area contributed by atoms with Gasteiger partial charge in [-0.05, 0) is 31.9 Å². The summed E-state index contributed by atoms with van der Waals surface area (Å²) in [5.41, 5.74) is 5.30. The van der Waals surface area contributed by atoms with Gasteiger partial charge in [-0.25, -0.2) is 4.79 Å². The lowest BCUT2D eigenvalue weighted by molar-refractivity contribution is 0.0321. The molecule has 0 aliphatic rings. The van der Waals surface area contributed by atoms with Crippen LogP contribution in [0.15, 0.2) is 42.6 Å². The molecule has 2 N–H and O–H groups in total. The maximum atomic E-state index is 11.6. The van der Waals surface area contributed by atoms with Crippen LogP contribution in [0.5, 0.6) is 0 Å². The topological polar surface area (TPSA) is 99.9 Å². The Morgan fingerprint density at radius 2 is 2.05 bits per heavy atom. The van der Waals surface area contributed by atoms with Crippen LogP contribution in [-0.4, -0.2) is 12.1 Å². The number of carbonyl (C=O) groups excluding carboxylic acids is 1. The summed E-state index contributed by atoms with van der Waals surface area (Å²) in [4.78, 5) is 11.6. The second kappa shape index (κ2) is 12.3. The molecule has 0 heterocycles. The molecule has 1 aromatic rings. The zero-order valence-corrected chi connectivity index (χ0v) is 12.0. The number of benzene rings is 1. The van der Waals surface area contributed by atoms with Crippen molar-refractivity contribution in [3.63, 3.8) is 0 Å². The lowest BCUT2D eigenvalue weighted by Crippen LogP contribution is -2.14. The van der Waals surface area contributed by atoms with Crippen LogP contribution in [-0.2, 0) is 4.74 Å². The van der Waals surface area contributed by atoms with Crippen LogP contribution in [0.25, 0.3) is 0 Å². The van der Waals surface area contributed by atoms with Crippen molar-refractivity contribution >= 4 is 5.97 Å². The van der Waals surface area contributed by atoms with Crippen LogP contribution < -0.4 is 5.73 Å². The lowest BCUT2D eigenvalue weighted by Gasteiger charge is -2.12. The minimum Gasteiger partial charge on any atom is -0.459 e. The van der Waals surface area contributed by atoms with Gasteiger partial charge in [0.1, 0.15) is 0 Å². The highest BCUT2D eigenvalue weighted by Crippen LogP contribution is 2.08. The standard InChI is InChI=1S/C13H15NO2.C3H4N2/c1-11(7-5-6-10-14)16-13(15)12-8-3-2-4-9-12;4-2-1-3-5/h2-4,8-9,11H,5-7H2,1H3;1-2H,4H2. The summed E-state index contributed by atoms with van der Waals surface area (Å²) in [6, 6.07) is 12.7. The van der Waals surface area contributed by atoms with Gasteiger partial charge in [0.15, 0.2) is 0 Å². The first-order chi connectivity index (χ1) is 10.2. The number of nitriles is 2. The van der Waals surface area contributed by atoms with Gasteiger partial charge in [-0.3, -0.25) is 0 Å². The van der Waals surface area contributed by atoms with Gasteiger partial charge in [0, 0.05) is 18.7 Å². The number of hydrogen-bond donors (Lipinski definition) is 1. The number of rotatable bonds is 5. The fraction of sp³-hybridized carbons (Fsp3) is 0.312. The molecule has 0 bridgehead atoms. The second-order valence-corrected chi connectivity index (χ2v) is 4.12. The van der Waals surface area contributed by atoms with Gasteiger partial charge >= 0.3 is 5.97 Å². The summed E-state index contributed by atoms with van der Waals surface area (Å²) in [5.74, 6) is -0.301. The van der Waals surface area contributed by atoms with E-state index in [2.05, 4.69) is 6.07 Å². The summed E-state index contributed by atoms with van der Waals surface area (Å²) in [6.07, 6.45) is 4.26. The van der Waals surface area contributed by atoms with Gasteiger partial charge in [-0.15, -0.1) is 0 Å². The Morgan fingerprint density at radius 3 is 2.52 bits per heavy atom. The molecule has 0 saturated heterocycles. The van der Waals surface area contributed by atoms with E-state index in [1.54, 1.807) is 30.3 Å². The molecule has 1 aromatic carbocycles. The number of unbranched alkanes of at least 4 members (excludes halogenated alkanes) is 1. The monoisotopic (exact) mass is 285 g/mol. The molecular weight excluding hydrogens is 266 g/mol. The van der Waals surface area contributed by atoms with Crippen LogP contribution in [0.2, 0.25) is 0 Å². The SMILES string of the molecule is CC(CCCC#N)OC(=O)c1ccccc1.N#CC=CN. The molecular formula is C16H19N3O2. The Kier molecular flexibility index (Phi) is 10.6. The molecule has 0 aliphatic heterocycles. The number of esters is 1. The van der Waals surface area contributed by atoms with Crippen molar-refractivity contribution in [1.82, 2.24) is 0 Å². The molecule has 0 aliphatic carbocycles. The van der Waals surface area contributed by atoms with Crippen molar-refractivity contribution < 1.29 is 9.53 Å². The van der Waals surface area contributed by atoms with E-state index in [9.17, 15) is 4.79 Å². The molecule has 1 rings (SSSR count). The number of nitrogens with zero attached hydrogens (tertiary/aromatic N) is 2. The van der Waals surface area contributed by atoms with Crippen LogP contribution in [0.4, 0.5) is 0 Å². The average molecular weight is 285 g/mol. The predicted molar refractivity (Wildman–Crippen MR) is 79.7 cm³/mol. The maximum absolute atomic E-state index is 11.6. The summed E-state index contributed by atoms with van der Waals surface area (Å²) in [6.45, 7) is 1.85. The van der Waals surface area contributed by atoms with E-state index in [1.807, 2.05) is 13.0 Å². The highest BCUT2D eigenvalue weighted by atomic mass is 16.5. The average Bonchev–Trinajstić information content (AvgIpc) is 2.50. The molecule has 21 heavy (non-hydrogen) atoms. The summed E-state index contributed by atoms with van der Waals surface area (Å²) >= 11 is 0. The maximum Gasteiger partial charge on any atom is 0.338 e. The van der Waals surface area contributed by atoms with Crippen LogP contribution >= 0.6 is 0 Å². The summed E-state index contributed by atoms with van der Waals surface area (Å²) < 4.78 is 5.23. The molecule has 5 heteroatoms. The Hall–Kier alpha value is -2.79. The normalized spacial score (nSPS) is 10.6. The van der Waals surface area contributed by atoms with Gasteiger partial charge in [-0.1, -0.05) is 18.2 Å². The third-order valence-corrected chi connectivity index (χ3v) is 2.39. The van der Waals surface area contributed by atoms with E-state index in [1.165, 1.54) is 12.3 Å². The van der Waals surface area contributed by atoms with Gasteiger partial charge in [0.2, 0.25) is 0 Å². The van der Waals surface area contributed by atoms with E-state index < -0.39 is 0 Å². The minimum absolute atomic E-state index is 0.138. The summed E-state index contributed by atoms with van der Waals surface area (Å²) in [5, 5.41) is 16.0. The molecule has 0 aromatic heterocycles. The van der Waals surface area contributed by atoms with Crippen molar-refractivity contribution in [3.8, 4) is 12.1 Å². The second-order valence-electron chi connectivity index (χ2n) is 4.12. The molecule has 0 amide bonds. The smallest absolute Gasteiger partial charge is 0.338 e. The van der Waals surface area contributed by atoms with E-state index >= 15 is 0 Å². The molecule has 0 saturated carbocycles. The van der Waals surface area contributed by atoms with Gasteiger partial charge < -0.3 is 10.5 Å². The van der Waals surface area contributed by atoms with E-state index in [4.69, 9.17) is 21.0 Å². The van der Waals surface area contributed by atoms with Crippen molar-refractivity contribution in [1.29, 1.82) is 10.5 Å². The van der Waals surface area contributed by atoms with E-state index in [-0.39, 0.29) is 12.1 Å². The molecule has 110 valence electrons. The van der Waals surface area contributed by atoms with E-state index in [0.717, 1.165) is 12.8 Å². The van der Waals surface area contributed by atoms with Gasteiger partial charge in [0.25, 0.3) is 0 Å². The molecule has 0 spiro atoms. The van der Waals surface area contributed by atoms with Crippen molar-refractivity contribution in [2.24, 2.45) is 5.73 Å². The molecule has 0 fully saturated rings. The minimum atomic E-state index is -0.301. The third-order valence-electron chi connectivity index (χ3n) is 2.39. The molecule has 5 nitrogen and oxygen atoms in total. The Labute approximate surface area is 125 Å². The number of carbonyl (C=O) groups is 1. The first-order valence-corrected chi connectivity index (χ1v) is 6.55. The number of hydrogen-bond acceptors (Lipinski definition) is 5. The zero-order chi connectivity index (χ0) is 15.9. The number of allylic oxidation sites excluding steroid dienone is 1. The Morgan fingerprint density at radius 1 is 1.38 bits per heavy atom. The van der Waals surface area contributed by atoms with Gasteiger partial charge in [0.05, 0.1) is 23.8 Å². The third kappa shape index (κ3) is 9.75. The first kappa shape index (κ1) is 18.2. The fourth-order valence-electron chi connectivity index (χ4n) is 1.40. The summed E-state index contributed by atoms with van der Waals surface area (Å²) in [7, 11) is 0. The molecule has 1 atom stereocenters. The van der Waals surface area contributed by atoms with Crippen LogP contribution in [0.3, 0.4) is 0 Å². The van der Waals surface area contributed by atoms with Crippen molar-refractivity contribution in [2.75, 3.05) is 0 Å². The highest BCUT2D eigenvalue weighted by Gasteiger charge is 2.10. The Balaban J connectivity index is 0.000000690. The zero-order valence-electron chi connectivity index (χ0n) is 12.0. The number of nitrogens with two attached hydrogens (primary N) is 1. The quantitative estimate of drug-likeness (QED) is 0.509. The van der Waals surface area contributed by atoms with Gasteiger partial charge in [-0.2, -0.15) is 10.5 Å². The molecule has 0 radical (unpaired) electrons. The predicted octanol–water partition coefficient (Wildman–Crippen LogP) is 2.91. The first-order valence-electron chi connectivity index (χ1n) is 6.55. The van der Waals surface area contributed by atoms with Crippen molar-refractivity contribution in [2.45, 2.75) is 32.3 Å². The highest BCUT2D eigenvalue weighted by molar-refractivity contribution is 5.89. The van der Waals surface area contributed by atoms with Crippen LogP contribution in [0, 0.1) is 22.7 Å². The lowest BCUT2D eigenvalue weighted by atomic mass is 10.2. The largest absolute Gasteiger partial charge is 0.459 e. The molecule has 1 unspecified atom stereocenters. The fourth-order valence-corrected chi connectivity index (χ4v) is 1.40. The van der Waals surface area contributed by atoms with Crippen LogP contribution in [0.1, 0.15) is 36.5 Å². The van der Waals surface area contributed by atoms with Crippen molar-refractivity contribution in [3.05, 3.63) is 48.2 Å². The Bertz CT molecular complexity index is 513. The van der Waals surface area contributed by atoms with E-state index in [0.29, 0.717) is 12.0 Å². The number of ether oxygens (including phenoxy) is 1.